The Morgan fingerprint density at radius 2 is 1.66 bits per heavy atom. The van der Waals surface area contributed by atoms with Crippen LogP contribution in [0.5, 0.6) is 11.5 Å². The molecule has 2 aromatic rings. The highest BCUT2D eigenvalue weighted by molar-refractivity contribution is 6.31. The first-order valence-electron chi connectivity index (χ1n) is 9.55. The van der Waals surface area contributed by atoms with Gasteiger partial charge in [-0.2, -0.15) is 0 Å². The van der Waals surface area contributed by atoms with Crippen LogP contribution in [0.3, 0.4) is 0 Å². The van der Waals surface area contributed by atoms with Crippen LogP contribution in [0.15, 0.2) is 48.0 Å². The topological polar surface area (TPSA) is 71.1 Å². The smallest absolute Gasteiger partial charge is 0.282 e. The van der Waals surface area contributed by atoms with Crippen molar-refractivity contribution in [2.75, 3.05) is 37.2 Å². The lowest BCUT2D eigenvalue weighted by atomic mass is 10.1. The summed E-state index contributed by atoms with van der Waals surface area (Å²) in [4.78, 5) is 27.6. The van der Waals surface area contributed by atoms with E-state index in [1.165, 1.54) is 5.01 Å². The van der Waals surface area contributed by atoms with Crippen molar-refractivity contribution in [3.8, 4) is 11.5 Å². The maximum absolute atomic E-state index is 12.8. The maximum Gasteiger partial charge on any atom is 0.282 e. The van der Waals surface area contributed by atoms with Crippen molar-refractivity contribution >= 4 is 29.3 Å². The van der Waals surface area contributed by atoms with Crippen molar-refractivity contribution in [1.29, 1.82) is 0 Å². The number of hydrazine groups is 1. The third kappa shape index (κ3) is 3.51. The number of para-hydroxylation sites is 1. The van der Waals surface area contributed by atoms with Gasteiger partial charge in [0, 0.05) is 24.7 Å². The minimum atomic E-state index is -0.455. The third-order valence-electron chi connectivity index (χ3n) is 5.18. The van der Waals surface area contributed by atoms with E-state index in [0.717, 1.165) is 31.6 Å². The first-order valence-corrected chi connectivity index (χ1v) is 9.55. The Hall–Kier alpha value is -3.48. The summed E-state index contributed by atoms with van der Waals surface area (Å²) in [5, 5.41) is 1.25. The molecule has 29 heavy (non-hydrogen) atoms. The second-order valence-corrected chi connectivity index (χ2v) is 6.94. The summed E-state index contributed by atoms with van der Waals surface area (Å²) in [5.41, 5.74) is 4.82. The van der Waals surface area contributed by atoms with Crippen molar-refractivity contribution in [3.63, 3.8) is 0 Å². The lowest BCUT2D eigenvalue weighted by Crippen LogP contribution is -2.35. The molecular formula is C22H23N3O4. The molecule has 2 aromatic carbocycles. The molecule has 0 aliphatic carbocycles. The number of nitrogens with zero attached hydrogens (tertiary/aromatic N) is 2. The van der Waals surface area contributed by atoms with E-state index >= 15 is 0 Å². The van der Waals surface area contributed by atoms with Gasteiger partial charge in [-0.3, -0.25) is 15.0 Å². The van der Waals surface area contributed by atoms with Crippen molar-refractivity contribution in [2.45, 2.75) is 12.8 Å². The molecule has 150 valence electrons. The fraction of sp³-hybridized carbons (Fsp3) is 0.273. The number of rotatable bonds is 5. The van der Waals surface area contributed by atoms with Gasteiger partial charge in [0.25, 0.3) is 11.8 Å². The van der Waals surface area contributed by atoms with E-state index in [0.29, 0.717) is 22.7 Å². The number of hydrogen-bond donors (Lipinski definition) is 1. The second kappa shape index (κ2) is 7.87. The van der Waals surface area contributed by atoms with Crippen molar-refractivity contribution in [2.24, 2.45) is 0 Å². The molecular weight excluding hydrogens is 370 g/mol. The van der Waals surface area contributed by atoms with Crippen molar-refractivity contribution < 1.29 is 19.1 Å². The highest BCUT2D eigenvalue weighted by Gasteiger charge is 2.34. The van der Waals surface area contributed by atoms with Crippen LogP contribution in [0.1, 0.15) is 18.4 Å². The fourth-order valence-corrected chi connectivity index (χ4v) is 3.69. The Morgan fingerprint density at radius 3 is 2.31 bits per heavy atom. The van der Waals surface area contributed by atoms with Crippen molar-refractivity contribution in [3.05, 3.63) is 53.6 Å². The van der Waals surface area contributed by atoms with Crippen LogP contribution in [-0.2, 0) is 9.59 Å². The quantitative estimate of drug-likeness (QED) is 0.625. The number of benzene rings is 2. The molecule has 2 amide bonds. The van der Waals surface area contributed by atoms with Gasteiger partial charge in [0.15, 0.2) is 0 Å². The maximum atomic E-state index is 12.8. The summed E-state index contributed by atoms with van der Waals surface area (Å²) in [7, 11) is 3.19. The highest BCUT2D eigenvalue weighted by Crippen LogP contribution is 2.38. The molecule has 0 saturated carbocycles. The Labute approximate surface area is 169 Å². The summed E-state index contributed by atoms with van der Waals surface area (Å²) >= 11 is 0. The summed E-state index contributed by atoms with van der Waals surface area (Å²) in [6, 6.07) is 12.7. The van der Waals surface area contributed by atoms with E-state index in [9.17, 15) is 9.59 Å². The first-order chi connectivity index (χ1) is 14.1. The second-order valence-electron chi connectivity index (χ2n) is 6.94. The van der Waals surface area contributed by atoms with Crippen LogP contribution >= 0.6 is 0 Å². The molecule has 2 fully saturated rings. The Bertz CT molecular complexity index is 966. The number of nitrogens with one attached hydrogen (secondary N) is 1. The summed E-state index contributed by atoms with van der Waals surface area (Å²) in [6.07, 6.45) is 3.83. The Kier molecular flexibility index (Phi) is 5.12. The van der Waals surface area contributed by atoms with Gasteiger partial charge in [0.1, 0.15) is 17.1 Å². The Morgan fingerprint density at radius 1 is 0.966 bits per heavy atom. The summed E-state index contributed by atoms with van der Waals surface area (Å²) in [5.74, 6) is 0.401. The van der Waals surface area contributed by atoms with Crippen LogP contribution in [0.4, 0.5) is 11.4 Å². The average molecular weight is 393 g/mol. The molecule has 0 bridgehead atoms. The van der Waals surface area contributed by atoms with E-state index in [1.807, 2.05) is 18.2 Å². The molecule has 2 saturated heterocycles. The molecule has 2 aliphatic heterocycles. The highest BCUT2D eigenvalue weighted by atomic mass is 16.5. The lowest BCUT2D eigenvalue weighted by molar-refractivity contribution is -0.117. The summed E-state index contributed by atoms with van der Waals surface area (Å²) < 4.78 is 11.1. The zero-order valence-electron chi connectivity index (χ0n) is 16.5. The number of methoxy groups -OCH3 is 2. The molecule has 2 aliphatic rings. The summed E-state index contributed by atoms with van der Waals surface area (Å²) in [6.45, 7) is 1.93. The monoisotopic (exact) mass is 393 g/mol. The lowest BCUT2D eigenvalue weighted by Gasteiger charge is -2.22. The van der Waals surface area contributed by atoms with Gasteiger partial charge in [0.05, 0.1) is 25.6 Å². The van der Waals surface area contributed by atoms with Gasteiger partial charge >= 0.3 is 0 Å². The predicted octanol–water partition coefficient (Wildman–Crippen LogP) is 2.77. The molecule has 7 heteroatoms. The minimum absolute atomic E-state index is 0.0446. The van der Waals surface area contributed by atoms with Gasteiger partial charge in [0.2, 0.25) is 0 Å². The van der Waals surface area contributed by atoms with E-state index in [4.69, 9.17) is 9.47 Å². The van der Waals surface area contributed by atoms with E-state index in [1.54, 1.807) is 44.6 Å². The minimum Gasteiger partial charge on any atom is -0.496 e. The number of ether oxygens (including phenoxy) is 2. The largest absolute Gasteiger partial charge is 0.496 e. The molecule has 7 nitrogen and oxygen atoms in total. The molecule has 0 spiro atoms. The van der Waals surface area contributed by atoms with E-state index in [2.05, 4.69) is 10.3 Å². The van der Waals surface area contributed by atoms with Crippen molar-refractivity contribution in [1.82, 2.24) is 5.43 Å². The first kappa shape index (κ1) is 18.9. The number of anilines is 2. The number of amides is 2. The molecule has 0 unspecified atom stereocenters. The SMILES string of the molecule is COc1cc(N2CCCC2)c(OC)cc1/C=C1/C(=O)NN(c2ccccc2)C1=O. The van der Waals surface area contributed by atoms with Gasteiger partial charge in [-0.15, -0.1) is 0 Å². The molecule has 0 aromatic heterocycles. The number of carbonyl (C=O) groups is 2. The zero-order chi connectivity index (χ0) is 20.4. The van der Waals surface area contributed by atoms with Crippen LogP contribution in [0.2, 0.25) is 0 Å². The standard InChI is InChI=1S/C22H23N3O4/c1-28-19-14-18(24-10-6-7-11-24)20(29-2)13-15(19)12-17-21(26)23-25(22(17)27)16-8-4-3-5-9-16/h3-5,8-9,12-14H,6-7,10-11H2,1-2H3,(H,23,26)/b17-12-. The molecule has 1 N–H and O–H groups in total. The average Bonchev–Trinajstić information content (AvgIpc) is 3.38. The van der Waals surface area contributed by atoms with Crippen LogP contribution in [0, 0.1) is 0 Å². The van der Waals surface area contributed by atoms with Gasteiger partial charge in [-0.1, -0.05) is 18.2 Å². The van der Waals surface area contributed by atoms with Gasteiger partial charge in [-0.05, 0) is 37.1 Å². The molecule has 0 radical (unpaired) electrons. The third-order valence-corrected chi connectivity index (χ3v) is 5.18. The van der Waals surface area contributed by atoms with Crippen LogP contribution in [-0.4, -0.2) is 39.1 Å². The van der Waals surface area contributed by atoms with Gasteiger partial charge in [-0.25, -0.2) is 5.01 Å². The zero-order valence-corrected chi connectivity index (χ0v) is 16.5. The number of hydrogen-bond acceptors (Lipinski definition) is 5. The van der Waals surface area contributed by atoms with Crippen LogP contribution < -0.4 is 24.8 Å². The fourth-order valence-electron chi connectivity index (χ4n) is 3.69. The number of carbonyl (C=O) groups excluding carboxylic acids is 2. The van der Waals surface area contributed by atoms with E-state index < -0.39 is 11.8 Å². The molecule has 0 atom stereocenters. The van der Waals surface area contributed by atoms with Gasteiger partial charge < -0.3 is 14.4 Å². The molecule has 4 rings (SSSR count). The molecule has 2 heterocycles. The van der Waals surface area contributed by atoms with Crippen LogP contribution in [0.25, 0.3) is 6.08 Å². The normalized spacial score (nSPS) is 17.8. The Balaban J connectivity index is 1.71. The van der Waals surface area contributed by atoms with E-state index in [-0.39, 0.29) is 5.57 Å². The predicted molar refractivity (Wildman–Crippen MR) is 111 cm³/mol.